The zero-order valence-corrected chi connectivity index (χ0v) is 17.4. The van der Waals surface area contributed by atoms with E-state index in [1.54, 1.807) is 47.6 Å². The molecule has 1 saturated heterocycles. The van der Waals surface area contributed by atoms with Gasteiger partial charge in [0.25, 0.3) is 0 Å². The van der Waals surface area contributed by atoms with Crippen molar-refractivity contribution in [1.29, 1.82) is 0 Å². The van der Waals surface area contributed by atoms with Gasteiger partial charge >= 0.3 is 0 Å². The van der Waals surface area contributed by atoms with Crippen molar-refractivity contribution in [2.75, 3.05) is 23.7 Å². The SMILES string of the molecule is Cc1c(F)cccc1NC(=S)Nc1ccc(S(=O)(=O)N2CCCCCC2)cc1. The second-order valence-corrected chi connectivity index (χ2v) is 9.18. The molecule has 2 N–H and O–H groups in total. The Morgan fingerprint density at radius 1 is 1.00 bits per heavy atom. The standard InChI is InChI=1S/C20H24FN3O2S2/c1-15-18(21)7-6-8-19(15)23-20(27)22-16-9-11-17(12-10-16)28(25,26)24-13-4-2-3-5-14-24/h6-12H,2-5,13-14H2,1H3,(H2,22,23,27). The third-order valence-corrected chi connectivity index (χ3v) is 6.95. The number of anilines is 2. The number of thiocarbonyl (C=S) groups is 1. The van der Waals surface area contributed by atoms with Crippen molar-refractivity contribution in [3.63, 3.8) is 0 Å². The Balaban J connectivity index is 1.67. The summed E-state index contributed by atoms with van der Waals surface area (Å²) in [5.74, 6) is -0.309. The summed E-state index contributed by atoms with van der Waals surface area (Å²) in [7, 11) is -3.47. The first-order valence-electron chi connectivity index (χ1n) is 9.31. The van der Waals surface area contributed by atoms with Gasteiger partial charge in [-0.1, -0.05) is 18.9 Å². The van der Waals surface area contributed by atoms with Crippen molar-refractivity contribution in [2.24, 2.45) is 0 Å². The number of sulfonamides is 1. The van der Waals surface area contributed by atoms with Gasteiger partial charge in [0.1, 0.15) is 5.82 Å². The van der Waals surface area contributed by atoms with Crippen LogP contribution in [-0.2, 0) is 10.0 Å². The Hall–Kier alpha value is -2.03. The highest BCUT2D eigenvalue weighted by Gasteiger charge is 2.24. The first-order valence-corrected chi connectivity index (χ1v) is 11.2. The quantitative estimate of drug-likeness (QED) is 0.712. The monoisotopic (exact) mass is 421 g/mol. The van der Waals surface area contributed by atoms with Crippen LogP contribution in [0.1, 0.15) is 31.2 Å². The highest BCUT2D eigenvalue weighted by Crippen LogP contribution is 2.22. The molecule has 0 spiro atoms. The molecule has 0 aromatic heterocycles. The fourth-order valence-electron chi connectivity index (χ4n) is 3.17. The number of benzene rings is 2. The summed E-state index contributed by atoms with van der Waals surface area (Å²) < 4.78 is 40.8. The first kappa shape index (κ1) is 20.7. The van der Waals surface area contributed by atoms with Gasteiger partial charge in [-0.2, -0.15) is 4.31 Å². The maximum atomic E-state index is 13.6. The molecule has 1 aliphatic heterocycles. The minimum atomic E-state index is -3.47. The normalized spacial score (nSPS) is 15.6. The fraction of sp³-hybridized carbons (Fsp3) is 0.350. The average Bonchev–Trinajstić information content (AvgIpc) is 2.96. The summed E-state index contributed by atoms with van der Waals surface area (Å²) in [5.41, 5.74) is 1.71. The summed E-state index contributed by atoms with van der Waals surface area (Å²) in [6.07, 6.45) is 3.95. The summed E-state index contributed by atoms with van der Waals surface area (Å²) >= 11 is 5.27. The van der Waals surface area contributed by atoms with E-state index in [0.29, 0.717) is 35.1 Å². The molecule has 8 heteroatoms. The largest absolute Gasteiger partial charge is 0.332 e. The molecular formula is C20H24FN3O2S2. The van der Waals surface area contributed by atoms with Gasteiger partial charge in [0, 0.05) is 30.0 Å². The van der Waals surface area contributed by atoms with Crippen LogP contribution in [-0.4, -0.2) is 30.9 Å². The van der Waals surface area contributed by atoms with Crippen LogP contribution < -0.4 is 10.6 Å². The second-order valence-electron chi connectivity index (χ2n) is 6.83. The van der Waals surface area contributed by atoms with Crippen LogP contribution in [0.2, 0.25) is 0 Å². The van der Waals surface area contributed by atoms with Crippen molar-refractivity contribution in [3.05, 3.63) is 53.8 Å². The lowest BCUT2D eigenvalue weighted by Gasteiger charge is -2.20. The molecular weight excluding hydrogens is 397 g/mol. The number of halogens is 1. The molecule has 1 fully saturated rings. The Kier molecular flexibility index (Phi) is 6.64. The molecule has 150 valence electrons. The molecule has 0 bridgehead atoms. The van der Waals surface area contributed by atoms with Gasteiger partial charge in [-0.15, -0.1) is 0 Å². The predicted molar refractivity (Wildman–Crippen MR) is 115 cm³/mol. The minimum Gasteiger partial charge on any atom is -0.332 e. The Labute approximate surface area is 171 Å². The van der Waals surface area contributed by atoms with E-state index in [0.717, 1.165) is 25.7 Å². The summed E-state index contributed by atoms with van der Waals surface area (Å²) in [6, 6.07) is 11.3. The molecule has 5 nitrogen and oxygen atoms in total. The molecule has 0 aliphatic carbocycles. The molecule has 0 unspecified atom stereocenters. The number of nitrogens with one attached hydrogen (secondary N) is 2. The van der Waals surface area contributed by atoms with Crippen LogP contribution in [0.3, 0.4) is 0 Å². The van der Waals surface area contributed by atoms with E-state index < -0.39 is 10.0 Å². The fourth-order valence-corrected chi connectivity index (χ4v) is 4.91. The average molecular weight is 422 g/mol. The van der Waals surface area contributed by atoms with Crippen LogP contribution in [0, 0.1) is 12.7 Å². The van der Waals surface area contributed by atoms with E-state index in [2.05, 4.69) is 10.6 Å². The van der Waals surface area contributed by atoms with Crippen molar-refractivity contribution in [1.82, 2.24) is 4.31 Å². The number of nitrogens with zero attached hydrogens (tertiary/aromatic N) is 1. The molecule has 1 aliphatic rings. The predicted octanol–water partition coefficient (Wildman–Crippen LogP) is 4.51. The van der Waals surface area contributed by atoms with Crippen LogP contribution in [0.5, 0.6) is 0 Å². The maximum Gasteiger partial charge on any atom is 0.243 e. The van der Waals surface area contributed by atoms with Crippen LogP contribution in [0.25, 0.3) is 0 Å². The Morgan fingerprint density at radius 3 is 2.29 bits per heavy atom. The lowest BCUT2D eigenvalue weighted by Crippen LogP contribution is -2.31. The maximum absolute atomic E-state index is 13.6. The third kappa shape index (κ3) is 4.87. The van der Waals surface area contributed by atoms with Gasteiger partial charge in [-0.3, -0.25) is 0 Å². The molecule has 2 aromatic carbocycles. The van der Waals surface area contributed by atoms with Gasteiger partial charge in [0.05, 0.1) is 4.90 Å². The molecule has 0 atom stereocenters. The summed E-state index contributed by atoms with van der Waals surface area (Å²) in [6.45, 7) is 2.81. The lowest BCUT2D eigenvalue weighted by molar-refractivity contribution is 0.424. The second kappa shape index (κ2) is 8.98. The smallest absolute Gasteiger partial charge is 0.243 e. The Bertz CT molecular complexity index is 938. The van der Waals surface area contributed by atoms with Crippen molar-refractivity contribution in [3.8, 4) is 0 Å². The molecule has 0 saturated carbocycles. The van der Waals surface area contributed by atoms with E-state index in [9.17, 15) is 12.8 Å². The highest BCUT2D eigenvalue weighted by atomic mass is 32.2. The van der Waals surface area contributed by atoms with Crippen LogP contribution in [0.15, 0.2) is 47.4 Å². The first-order chi connectivity index (χ1) is 13.4. The summed E-state index contributed by atoms with van der Waals surface area (Å²) in [4.78, 5) is 0.278. The van der Waals surface area contributed by atoms with Crippen molar-refractivity contribution < 1.29 is 12.8 Å². The van der Waals surface area contributed by atoms with E-state index in [1.807, 2.05) is 0 Å². The van der Waals surface area contributed by atoms with Crippen molar-refractivity contribution >= 4 is 38.7 Å². The molecule has 1 heterocycles. The van der Waals surface area contributed by atoms with Crippen molar-refractivity contribution in [2.45, 2.75) is 37.5 Å². The molecule has 3 rings (SSSR count). The number of hydrogen-bond acceptors (Lipinski definition) is 3. The van der Waals surface area contributed by atoms with Gasteiger partial charge in [0.15, 0.2) is 5.11 Å². The molecule has 2 aromatic rings. The zero-order chi connectivity index (χ0) is 20.1. The Morgan fingerprint density at radius 2 is 1.64 bits per heavy atom. The third-order valence-electron chi connectivity index (χ3n) is 4.83. The summed E-state index contributed by atoms with van der Waals surface area (Å²) in [5, 5.41) is 6.25. The minimum absolute atomic E-state index is 0.278. The zero-order valence-electron chi connectivity index (χ0n) is 15.7. The van der Waals surface area contributed by atoms with Gasteiger partial charge in [-0.05, 0) is 68.4 Å². The number of rotatable bonds is 4. The molecule has 0 radical (unpaired) electrons. The van der Waals surface area contributed by atoms with E-state index in [4.69, 9.17) is 12.2 Å². The molecule has 28 heavy (non-hydrogen) atoms. The van der Waals surface area contributed by atoms with E-state index >= 15 is 0 Å². The lowest BCUT2D eigenvalue weighted by atomic mass is 10.2. The van der Waals surface area contributed by atoms with E-state index in [1.165, 1.54) is 6.07 Å². The molecule has 0 amide bonds. The van der Waals surface area contributed by atoms with Crippen LogP contribution >= 0.6 is 12.2 Å². The number of hydrogen-bond donors (Lipinski definition) is 2. The van der Waals surface area contributed by atoms with Crippen LogP contribution in [0.4, 0.5) is 15.8 Å². The highest BCUT2D eigenvalue weighted by molar-refractivity contribution is 7.89. The van der Waals surface area contributed by atoms with E-state index in [-0.39, 0.29) is 10.7 Å². The topological polar surface area (TPSA) is 61.4 Å². The van der Waals surface area contributed by atoms with Gasteiger partial charge in [-0.25, -0.2) is 12.8 Å². The van der Waals surface area contributed by atoms with Gasteiger partial charge < -0.3 is 10.6 Å². The van der Waals surface area contributed by atoms with Gasteiger partial charge in [0.2, 0.25) is 10.0 Å².